The van der Waals surface area contributed by atoms with Gasteiger partial charge in [-0.1, -0.05) is 20.8 Å². The summed E-state index contributed by atoms with van der Waals surface area (Å²) in [7, 11) is 0. The predicted octanol–water partition coefficient (Wildman–Crippen LogP) is 2.80. The number of rotatable bonds is 6. The van der Waals surface area contributed by atoms with E-state index in [0.29, 0.717) is 18.4 Å². The summed E-state index contributed by atoms with van der Waals surface area (Å²) >= 11 is 6.11. The molecular formula is C12H22ClNO. The van der Waals surface area contributed by atoms with Crippen molar-refractivity contribution in [3.05, 3.63) is 0 Å². The van der Waals surface area contributed by atoms with Crippen LogP contribution in [0.5, 0.6) is 0 Å². The summed E-state index contributed by atoms with van der Waals surface area (Å²) in [5.74, 6) is 1.56. The molecule has 1 aliphatic rings. The molecule has 1 N–H and O–H groups in total. The van der Waals surface area contributed by atoms with Crippen LogP contribution in [-0.2, 0) is 4.79 Å². The minimum absolute atomic E-state index is 0.0698. The molecule has 1 fully saturated rings. The molecule has 0 bridgehead atoms. The lowest BCUT2D eigenvalue weighted by atomic mass is 10.1. The van der Waals surface area contributed by atoms with Gasteiger partial charge in [0.05, 0.1) is 5.38 Å². The minimum Gasteiger partial charge on any atom is -0.354 e. The van der Waals surface area contributed by atoms with E-state index in [-0.39, 0.29) is 17.2 Å². The number of halogens is 1. The van der Waals surface area contributed by atoms with Crippen LogP contribution in [-0.4, -0.2) is 17.8 Å². The van der Waals surface area contributed by atoms with Crippen molar-refractivity contribution in [3.8, 4) is 0 Å². The standard InChI is InChI=1S/C12H22ClNO/c1-8(2)6-11(13)7-14-12(15)9(3)10-4-5-10/h8-11H,4-7H2,1-3H3,(H,14,15). The highest BCUT2D eigenvalue weighted by Gasteiger charge is 2.32. The fourth-order valence-electron chi connectivity index (χ4n) is 1.78. The lowest BCUT2D eigenvalue weighted by Gasteiger charge is -2.15. The zero-order chi connectivity index (χ0) is 11.4. The van der Waals surface area contributed by atoms with Gasteiger partial charge < -0.3 is 5.32 Å². The molecule has 0 radical (unpaired) electrons. The average molecular weight is 232 g/mol. The number of hydrogen-bond acceptors (Lipinski definition) is 1. The van der Waals surface area contributed by atoms with Crippen LogP contribution < -0.4 is 5.32 Å². The van der Waals surface area contributed by atoms with Gasteiger partial charge in [0.15, 0.2) is 0 Å². The summed E-state index contributed by atoms with van der Waals surface area (Å²) in [6, 6.07) is 0. The van der Waals surface area contributed by atoms with E-state index in [0.717, 1.165) is 6.42 Å². The van der Waals surface area contributed by atoms with Gasteiger partial charge in [0, 0.05) is 12.5 Å². The number of hydrogen-bond donors (Lipinski definition) is 1. The Kier molecular flexibility index (Phi) is 4.91. The van der Waals surface area contributed by atoms with E-state index in [1.807, 2.05) is 6.92 Å². The van der Waals surface area contributed by atoms with E-state index >= 15 is 0 Å². The highest BCUT2D eigenvalue weighted by molar-refractivity contribution is 6.20. The first-order valence-corrected chi connectivity index (χ1v) is 6.36. The number of alkyl halides is 1. The van der Waals surface area contributed by atoms with Crippen molar-refractivity contribution in [2.75, 3.05) is 6.54 Å². The summed E-state index contributed by atoms with van der Waals surface area (Å²) in [5.41, 5.74) is 0. The molecule has 1 rings (SSSR count). The number of nitrogens with one attached hydrogen (secondary N) is 1. The van der Waals surface area contributed by atoms with E-state index < -0.39 is 0 Å². The molecule has 0 aromatic heterocycles. The smallest absolute Gasteiger partial charge is 0.223 e. The van der Waals surface area contributed by atoms with Crippen LogP contribution in [0, 0.1) is 17.8 Å². The van der Waals surface area contributed by atoms with Crippen molar-refractivity contribution in [1.82, 2.24) is 5.32 Å². The Morgan fingerprint density at radius 2 is 2.00 bits per heavy atom. The first-order chi connectivity index (χ1) is 7.00. The van der Waals surface area contributed by atoms with Crippen molar-refractivity contribution >= 4 is 17.5 Å². The average Bonchev–Trinajstić information content (AvgIpc) is 2.95. The Hall–Kier alpha value is -0.240. The largest absolute Gasteiger partial charge is 0.354 e. The molecule has 1 aliphatic carbocycles. The first kappa shape index (κ1) is 12.8. The molecule has 0 spiro atoms. The highest BCUT2D eigenvalue weighted by Crippen LogP contribution is 2.36. The van der Waals surface area contributed by atoms with Gasteiger partial charge in [0.25, 0.3) is 0 Å². The van der Waals surface area contributed by atoms with Crippen molar-refractivity contribution in [2.24, 2.45) is 17.8 Å². The third-order valence-corrected chi connectivity index (χ3v) is 3.30. The molecule has 15 heavy (non-hydrogen) atoms. The van der Waals surface area contributed by atoms with E-state index in [2.05, 4.69) is 19.2 Å². The van der Waals surface area contributed by atoms with Gasteiger partial charge >= 0.3 is 0 Å². The second-order valence-corrected chi connectivity index (χ2v) is 5.72. The van der Waals surface area contributed by atoms with Gasteiger partial charge in [-0.3, -0.25) is 4.79 Å². The van der Waals surface area contributed by atoms with Crippen molar-refractivity contribution in [1.29, 1.82) is 0 Å². The van der Waals surface area contributed by atoms with E-state index in [1.165, 1.54) is 12.8 Å². The third-order valence-electron chi connectivity index (χ3n) is 2.97. The molecule has 88 valence electrons. The summed E-state index contributed by atoms with van der Waals surface area (Å²) in [6.45, 7) is 6.91. The Balaban J connectivity index is 2.15. The molecule has 2 nitrogen and oxygen atoms in total. The van der Waals surface area contributed by atoms with Crippen LogP contribution in [0.3, 0.4) is 0 Å². The Morgan fingerprint density at radius 1 is 1.40 bits per heavy atom. The van der Waals surface area contributed by atoms with Crippen LogP contribution in [0.15, 0.2) is 0 Å². The molecule has 2 unspecified atom stereocenters. The molecule has 0 heterocycles. The molecule has 1 saturated carbocycles. The maximum atomic E-state index is 11.6. The molecule has 2 atom stereocenters. The first-order valence-electron chi connectivity index (χ1n) is 5.92. The molecule has 0 aromatic carbocycles. The van der Waals surface area contributed by atoms with Crippen LogP contribution in [0.2, 0.25) is 0 Å². The summed E-state index contributed by atoms with van der Waals surface area (Å²) in [4.78, 5) is 11.6. The fourth-order valence-corrected chi connectivity index (χ4v) is 2.21. The fraction of sp³-hybridized carbons (Fsp3) is 0.917. The predicted molar refractivity (Wildman–Crippen MR) is 64.0 cm³/mol. The Morgan fingerprint density at radius 3 is 2.47 bits per heavy atom. The maximum absolute atomic E-state index is 11.6. The van der Waals surface area contributed by atoms with E-state index in [9.17, 15) is 4.79 Å². The molecule has 0 saturated heterocycles. The van der Waals surface area contributed by atoms with Crippen molar-refractivity contribution in [2.45, 2.75) is 45.4 Å². The summed E-state index contributed by atoms with van der Waals surface area (Å²) in [6.07, 6.45) is 3.38. The van der Waals surface area contributed by atoms with E-state index in [1.54, 1.807) is 0 Å². The number of carbonyl (C=O) groups excluding carboxylic acids is 1. The second-order valence-electron chi connectivity index (χ2n) is 5.10. The second kappa shape index (κ2) is 5.74. The monoisotopic (exact) mass is 231 g/mol. The van der Waals surface area contributed by atoms with Gasteiger partial charge in [-0.15, -0.1) is 11.6 Å². The SMILES string of the molecule is CC(C)CC(Cl)CNC(=O)C(C)C1CC1. The highest BCUT2D eigenvalue weighted by atomic mass is 35.5. The van der Waals surface area contributed by atoms with Crippen molar-refractivity contribution in [3.63, 3.8) is 0 Å². The summed E-state index contributed by atoms with van der Waals surface area (Å²) < 4.78 is 0. The molecule has 0 aliphatic heterocycles. The number of carbonyl (C=O) groups is 1. The van der Waals surface area contributed by atoms with Crippen LogP contribution >= 0.6 is 11.6 Å². The topological polar surface area (TPSA) is 29.1 Å². The molecule has 3 heteroatoms. The quantitative estimate of drug-likeness (QED) is 0.700. The lowest BCUT2D eigenvalue weighted by Crippen LogP contribution is -2.34. The maximum Gasteiger partial charge on any atom is 0.223 e. The van der Waals surface area contributed by atoms with Gasteiger partial charge in [-0.2, -0.15) is 0 Å². The Labute approximate surface area is 97.8 Å². The van der Waals surface area contributed by atoms with Gasteiger partial charge in [0.2, 0.25) is 5.91 Å². The third kappa shape index (κ3) is 4.87. The number of amides is 1. The van der Waals surface area contributed by atoms with Gasteiger partial charge in [0.1, 0.15) is 0 Å². The van der Waals surface area contributed by atoms with Crippen LogP contribution in [0.4, 0.5) is 0 Å². The lowest BCUT2D eigenvalue weighted by molar-refractivity contribution is -0.125. The van der Waals surface area contributed by atoms with Gasteiger partial charge in [-0.05, 0) is 31.1 Å². The summed E-state index contributed by atoms with van der Waals surface area (Å²) in [5, 5.41) is 3.01. The van der Waals surface area contributed by atoms with Crippen LogP contribution in [0.1, 0.15) is 40.0 Å². The van der Waals surface area contributed by atoms with E-state index in [4.69, 9.17) is 11.6 Å². The Bertz CT molecular complexity index is 214. The zero-order valence-electron chi connectivity index (χ0n) is 9.92. The minimum atomic E-state index is 0.0698. The zero-order valence-corrected chi connectivity index (χ0v) is 10.7. The van der Waals surface area contributed by atoms with Gasteiger partial charge in [-0.25, -0.2) is 0 Å². The molecular weight excluding hydrogens is 210 g/mol. The van der Waals surface area contributed by atoms with Crippen molar-refractivity contribution < 1.29 is 4.79 Å². The molecule has 0 aromatic rings. The molecule has 1 amide bonds. The van der Waals surface area contributed by atoms with Crippen LogP contribution in [0.25, 0.3) is 0 Å². The normalized spacial score (nSPS) is 20.1.